The Hall–Kier alpha value is -3.77. The lowest BCUT2D eigenvalue weighted by Gasteiger charge is -2.26. The van der Waals surface area contributed by atoms with Gasteiger partial charge >= 0.3 is 0 Å². The third-order valence-corrected chi connectivity index (χ3v) is 7.99. The summed E-state index contributed by atoms with van der Waals surface area (Å²) in [6, 6.07) is 5.12. The predicted molar refractivity (Wildman–Crippen MR) is 146 cm³/mol. The number of ether oxygens (including phenoxy) is 2. The maximum atomic E-state index is 13.8. The molecule has 222 valence electrons. The van der Waals surface area contributed by atoms with Gasteiger partial charge in [0.05, 0.1) is 38.0 Å². The van der Waals surface area contributed by atoms with Crippen LogP contribution in [0.5, 0.6) is 5.75 Å². The molecule has 12 heteroatoms. The van der Waals surface area contributed by atoms with Crippen LogP contribution in [0.1, 0.15) is 72.3 Å². The monoisotopic (exact) mass is 570 g/mol. The first-order chi connectivity index (χ1) is 19.6. The van der Waals surface area contributed by atoms with Crippen molar-refractivity contribution in [2.24, 2.45) is 11.7 Å². The number of rotatable bonds is 14. The second-order valence-electron chi connectivity index (χ2n) is 11.1. The van der Waals surface area contributed by atoms with E-state index in [1.54, 1.807) is 38.3 Å². The first kappa shape index (κ1) is 30.2. The fourth-order valence-electron chi connectivity index (χ4n) is 5.45. The number of epoxide rings is 1. The Bertz CT molecular complexity index is 1260. The summed E-state index contributed by atoms with van der Waals surface area (Å²) in [7, 11) is 1.54. The van der Waals surface area contributed by atoms with Gasteiger partial charge in [0, 0.05) is 12.0 Å². The Morgan fingerprint density at radius 3 is 2.32 bits per heavy atom. The molecule has 1 saturated heterocycles. The molecule has 2 aromatic rings. The van der Waals surface area contributed by atoms with E-state index in [2.05, 4.69) is 15.8 Å². The standard InChI is InChI=1S/C29H38N4O8/c1-16-23(24(26(30)36)41-33-16)20(14-34)27(37)32-22(13-18-8-10-19(39-3)11-9-18)28(38)31-21(12-17-6-4-5-7-17)25(35)29(2)15-40-29/h8-11,17,20-22,34H,4-7,12-15H2,1-3H3,(H2,30,36)(H,31,38)(H,32,37)/t20-,21-,22-,29+/m0/s1. The molecular formula is C29H38N4O8. The summed E-state index contributed by atoms with van der Waals surface area (Å²) in [5.74, 6) is -3.09. The quantitative estimate of drug-likeness (QED) is 0.243. The summed E-state index contributed by atoms with van der Waals surface area (Å²) in [6.45, 7) is 2.84. The van der Waals surface area contributed by atoms with E-state index in [1.807, 2.05) is 0 Å². The summed E-state index contributed by atoms with van der Waals surface area (Å²) in [6.07, 6.45) is 4.73. The number of hydrogen-bond donors (Lipinski definition) is 4. The van der Waals surface area contributed by atoms with E-state index >= 15 is 0 Å². The average Bonchev–Trinajstić information content (AvgIpc) is 3.31. The number of aryl methyl sites for hydroxylation is 1. The lowest BCUT2D eigenvalue weighted by Crippen LogP contribution is -2.55. The van der Waals surface area contributed by atoms with E-state index in [0.29, 0.717) is 24.7 Å². The minimum absolute atomic E-state index is 0.0502. The molecule has 1 aromatic heterocycles. The Balaban J connectivity index is 1.59. The van der Waals surface area contributed by atoms with Crippen molar-refractivity contribution in [3.63, 3.8) is 0 Å². The molecule has 2 heterocycles. The zero-order chi connectivity index (χ0) is 29.7. The van der Waals surface area contributed by atoms with Gasteiger partial charge in [-0.25, -0.2) is 0 Å². The van der Waals surface area contributed by atoms with Gasteiger partial charge in [0.15, 0.2) is 5.78 Å². The van der Waals surface area contributed by atoms with Gasteiger partial charge in [0.2, 0.25) is 17.6 Å². The van der Waals surface area contributed by atoms with Gasteiger partial charge in [-0.15, -0.1) is 0 Å². The molecule has 1 saturated carbocycles. The molecule has 0 unspecified atom stereocenters. The van der Waals surface area contributed by atoms with Gasteiger partial charge in [-0.05, 0) is 43.9 Å². The van der Waals surface area contributed by atoms with E-state index in [9.17, 15) is 24.3 Å². The molecular weight excluding hydrogens is 532 g/mol. The van der Waals surface area contributed by atoms with E-state index in [4.69, 9.17) is 19.7 Å². The van der Waals surface area contributed by atoms with Crippen molar-refractivity contribution < 1.29 is 38.3 Å². The van der Waals surface area contributed by atoms with Crippen LogP contribution >= 0.6 is 0 Å². The number of Topliss-reactive ketones (excluding diaryl/α,β-unsaturated/α-hetero) is 1. The Kier molecular flexibility index (Phi) is 9.44. The van der Waals surface area contributed by atoms with Gasteiger partial charge < -0.3 is 35.5 Å². The second-order valence-corrected chi connectivity index (χ2v) is 11.1. The van der Waals surface area contributed by atoms with Crippen molar-refractivity contribution in [1.82, 2.24) is 15.8 Å². The first-order valence-corrected chi connectivity index (χ1v) is 13.8. The van der Waals surface area contributed by atoms with Crippen molar-refractivity contribution in [1.29, 1.82) is 0 Å². The molecule has 0 bridgehead atoms. The van der Waals surface area contributed by atoms with Crippen LogP contribution in [0.4, 0.5) is 0 Å². The maximum Gasteiger partial charge on any atom is 0.287 e. The zero-order valence-electron chi connectivity index (χ0n) is 23.6. The maximum absolute atomic E-state index is 13.8. The molecule has 12 nitrogen and oxygen atoms in total. The Morgan fingerprint density at radius 2 is 1.76 bits per heavy atom. The van der Waals surface area contributed by atoms with E-state index in [1.165, 1.54) is 6.92 Å². The molecule has 5 N–H and O–H groups in total. The highest BCUT2D eigenvalue weighted by Gasteiger charge is 2.50. The number of carbonyl (C=O) groups is 4. The summed E-state index contributed by atoms with van der Waals surface area (Å²) in [5.41, 5.74) is 5.44. The summed E-state index contributed by atoms with van der Waals surface area (Å²) in [4.78, 5) is 52.5. The highest BCUT2D eigenvalue weighted by molar-refractivity contribution is 5.99. The molecule has 1 aromatic carbocycles. The minimum atomic E-state index is -1.27. The molecule has 3 amide bonds. The molecule has 1 aliphatic heterocycles. The predicted octanol–water partition coefficient (Wildman–Crippen LogP) is 1.32. The largest absolute Gasteiger partial charge is 0.497 e. The SMILES string of the molecule is COc1ccc(C[C@H](NC(=O)[C@@H](CO)c2c(C)noc2C(N)=O)C(=O)N[C@@H](CC2CCCC2)C(=O)[C@@]2(C)CO2)cc1. The smallest absolute Gasteiger partial charge is 0.287 e. The molecule has 0 radical (unpaired) electrons. The van der Waals surface area contributed by atoms with Gasteiger partial charge in [-0.2, -0.15) is 0 Å². The number of aliphatic hydroxyl groups is 1. The van der Waals surface area contributed by atoms with Gasteiger partial charge in [-0.3, -0.25) is 19.2 Å². The fourth-order valence-corrected chi connectivity index (χ4v) is 5.45. The number of methoxy groups -OCH3 is 1. The number of nitrogens with two attached hydrogens (primary N) is 1. The van der Waals surface area contributed by atoms with Gasteiger partial charge in [0.1, 0.15) is 17.4 Å². The molecule has 4 rings (SSSR count). The number of carbonyl (C=O) groups excluding carboxylic acids is 4. The summed E-state index contributed by atoms with van der Waals surface area (Å²) >= 11 is 0. The lowest BCUT2D eigenvalue weighted by molar-refractivity contribution is -0.133. The van der Waals surface area contributed by atoms with Gasteiger partial charge in [-0.1, -0.05) is 43.0 Å². The number of primary amides is 1. The van der Waals surface area contributed by atoms with Crippen LogP contribution in [0.3, 0.4) is 0 Å². The second kappa shape index (κ2) is 12.8. The average molecular weight is 571 g/mol. The number of benzene rings is 1. The molecule has 4 atom stereocenters. The number of aliphatic hydroxyl groups excluding tert-OH is 1. The van der Waals surface area contributed by atoms with E-state index in [0.717, 1.165) is 31.2 Å². The Labute approximate surface area is 238 Å². The topological polar surface area (TPSA) is 186 Å². The Morgan fingerprint density at radius 1 is 1.12 bits per heavy atom. The van der Waals surface area contributed by atoms with Crippen LogP contribution in [0.2, 0.25) is 0 Å². The number of ketones is 1. The van der Waals surface area contributed by atoms with Crippen LogP contribution in [0, 0.1) is 12.8 Å². The number of nitrogens with zero attached hydrogens (tertiary/aromatic N) is 1. The third kappa shape index (κ3) is 7.12. The summed E-state index contributed by atoms with van der Waals surface area (Å²) < 4.78 is 15.6. The van der Waals surface area contributed by atoms with E-state index < -0.39 is 47.9 Å². The number of nitrogens with one attached hydrogen (secondary N) is 2. The van der Waals surface area contributed by atoms with Crippen LogP contribution < -0.4 is 21.1 Å². The first-order valence-electron chi connectivity index (χ1n) is 13.8. The molecule has 0 spiro atoms. The highest BCUT2D eigenvalue weighted by atomic mass is 16.6. The lowest BCUT2D eigenvalue weighted by atomic mass is 9.90. The normalized spacial score (nSPS) is 20.6. The van der Waals surface area contributed by atoms with Crippen LogP contribution in [-0.4, -0.2) is 71.8 Å². The van der Waals surface area contributed by atoms with Crippen LogP contribution in [0.15, 0.2) is 28.8 Å². The van der Waals surface area contributed by atoms with Crippen molar-refractivity contribution in [2.45, 2.75) is 76.0 Å². The van der Waals surface area contributed by atoms with Crippen LogP contribution in [-0.2, 0) is 25.5 Å². The number of aromatic nitrogens is 1. The number of amides is 3. The fraction of sp³-hybridized carbons (Fsp3) is 0.552. The molecule has 1 aliphatic carbocycles. The van der Waals surface area contributed by atoms with Crippen molar-refractivity contribution >= 4 is 23.5 Å². The van der Waals surface area contributed by atoms with Crippen LogP contribution in [0.25, 0.3) is 0 Å². The molecule has 2 fully saturated rings. The minimum Gasteiger partial charge on any atom is -0.497 e. The summed E-state index contributed by atoms with van der Waals surface area (Å²) in [5, 5.41) is 19.4. The molecule has 41 heavy (non-hydrogen) atoms. The van der Waals surface area contributed by atoms with Crippen molar-refractivity contribution in [3.05, 3.63) is 46.8 Å². The van der Waals surface area contributed by atoms with Gasteiger partial charge in [0.25, 0.3) is 5.91 Å². The third-order valence-electron chi connectivity index (χ3n) is 7.99. The van der Waals surface area contributed by atoms with Crippen molar-refractivity contribution in [3.8, 4) is 5.75 Å². The number of hydrogen-bond acceptors (Lipinski definition) is 9. The molecule has 2 aliphatic rings. The van der Waals surface area contributed by atoms with E-state index in [-0.39, 0.29) is 29.2 Å². The zero-order valence-corrected chi connectivity index (χ0v) is 23.6. The van der Waals surface area contributed by atoms with Crippen molar-refractivity contribution in [2.75, 3.05) is 20.3 Å². The highest BCUT2D eigenvalue weighted by Crippen LogP contribution is 2.33.